The molecule has 0 spiro atoms. The van der Waals surface area contributed by atoms with Gasteiger partial charge in [-0.1, -0.05) is 30.3 Å². The highest BCUT2D eigenvalue weighted by Gasteiger charge is 2.17. The molecule has 0 heterocycles. The molecule has 0 aliphatic heterocycles. The van der Waals surface area contributed by atoms with Gasteiger partial charge in [-0.15, -0.1) is 0 Å². The molecule has 0 aliphatic rings. The summed E-state index contributed by atoms with van der Waals surface area (Å²) in [5.74, 6) is -2.11. The predicted octanol–water partition coefficient (Wildman–Crippen LogP) is -0.892. The SMILES string of the molecule is CNC(COCc1ccccc1)C(=O)NCC(=O)NCC(=O)O. The minimum atomic E-state index is -1.15. The van der Waals surface area contributed by atoms with Crippen LogP contribution in [0, 0.1) is 0 Å². The smallest absolute Gasteiger partial charge is 0.322 e. The fourth-order valence-corrected chi connectivity index (χ4v) is 1.69. The summed E-state index contributed by atoms with van der Waals surface area (Å²) in [6, 6.07) is 8.93. The van der Waals surface area contributed by atoms with Crippen LogP contribution < -0.4 is 16.0 Å². The first-order chi connectivity index (χ1) is 11.0. The lowest BCUT2D eigenvalue weighted by molar-refractivity contribution is -0.137. The molecule has 1 unspecified atom stereocenters. The monoisotopic (exact) mass is 323 g/mol. The van der Waals surface area contributed by atoms with Gasteiger partial charge in [0, 0.05) is 0 Å². The molecule has 8 nitrogen and oxygen atoms in total. The van der Waals surface area contributed by atoms with Crippen LogP contribution in [0.2, 0.25) is 0 Å². The molecule has 0 radical (unpaired) electrons. The number of likely N-dealkylation sites (N-methyl/N-ethyl adjacent to an activating group) is 1. The number of hydrogen-bond acceptors (Lipinski definition) is 5. The maximum atomic E-state index is 11.9. The second-order valence-electron chi connectivity index (χ2n) is 4.73. The third-order valence-electron chi connectivity index (χ3n) is 2.92. The van der Waals surface area contributed by atoms with Gasteiger partial charge in [-0.05, 0) is 12.6 Å². The van der Waals surface area contributed by atoms with Gasteiger partial charge in [0.05, 0.1) is 19.8 Å². The number of carboxylic acids is 1. The van der Waals surface area contributed by atoms with E-state index in [0.717, 1.165) is 5.56 Å². The van der Waals surface area contributed by atoms with E-state index in [1.165, 1.54) is 0 Å². The first-order valence-corrected chi connectivity index (χ1v) is 7.08. The molecule has 0 bridgehead atoms. The molecule has 126 valence electrons. The van der Waals surface area contributed by atoms with Gasteiger partial charge >= 0.3 is 5.97 Å². The zero-order chi connectivity index (χ0) is 17.1. The van der Waals surface area contributed by atoms with Crippen molar-refractivity contribution in [3.05, 3.63) is 35.9 Å². The Bertz CT molecular complexity index is 521. The van der Waals surface area contributed by atoms with Gasteiger partial charge in [-0.2, -0.15) is 0 Å². The largest absolute Gasteiger partial charge is 0.480 e. The summed E-state index contributed by atoms with van der Waals surface area (Å²) in [5.41, 5.74) is 0.996. The topological polar surface area (TPSA) is 117 Å². The molecule has 0 saturated carbocycles. The minimum Gasteiger partial charge on any atom is -0.480 e. The molecule has 4 N–H and O–H groups in total. The van der Waals surface area contributed by atoms with Crippen LogP contribution in [0.1, 0.15) is 5.56 Å². The minimum absolute atomic E-state index is 0.147. The Morgan fingerprint density at radius 1 is 1.13 bits per heavy atom. The van der Waals surface area contributed by atoms with E-state index >= 15 is 0 Å². The van der Waals surface area contributed by atoms with Crippen molar-refractivity contribution in [3.8, 4) is 0 Å². The van der Waals surface area contributed by atoms with Crippen molar-refractivity contribution in [1.29, 1.82) is 0 Å². The Morgan fingerprint density at radius 2 is 1.83 bits per heavy atom. The molecule has 1 aromatic carbocycles. The van der Waals surface area contributed by atoms with Crippen LogP contribution in [0.15, 0.2) is 30.3 Å². The Balaban J connectivity index is 2.28. The van der Waals surface area contributed by atoms with Gasteiger partial charge < -0.3 is 25.8 Å². The molecule has 1 atom stereocenters. The number of ether oxygens (including phenoxy) is 1. The van der Waals surface area contributed by atoms with Gasteiger partial charge in [0.25, 0.3) is 0 Å². The normalized spacial score (nSPS) is 11.5. The number of amides is 2. The zero-order valence-corrected chi connectivity index (χ0v) is 12.9. The van der Waals surface area contributed by atoms with Gasteiger partial charge in [-0.3, -0.25) is 14.4 Å². The molecule has 0 fully saturated rings. The lowest BCUT2D eigenvalue weighted by Crippen LogP contribution is -2.48. The van der Waals surface area contributed by atoms with Crippen molar-refractivity contribution in [2.75, 3.05) is 26.7 Å². The Morgan fingerprint density at radius 3 is 2.43 bits per heavy atom. The number of hydrogen-bond donors (Lipinski definition) is 4. The standard InChI is InChI=1S/C15H21N3O5/c1-16-12(10-23-9-11-5-3-2-4-6-11)15(22)18-7-13(19)17-8-14(20)21/h2-6,12,16H,7-10H2,1H3,(H,17,19)(H,18,22)(H,20,21). The lowest BCUT2D eigenvalue weighted by Gasteiger charge is -2.16. The number of nitrogens with one attached hydrogen (secondary N) is 3. The molecule has 0 aliphatic carbocycles. The lowest BCUT2D eigenvalue weighted by atomic mass is 10.2. The zero-order valence-electron chi connectivity index (χ0n) is 12.9. The molecule has 0 aromatic heterocycles. The highest BCUT2D eigenvalue weighted by Crippen LogP contribution is 2.01. The van der Waals surface area contributed by atoms with E-state index in [4.69, 9.17) is 9.84 Å². The van der Waals surface area contributed by atoms with Crippen molar-refractivity contribution >= 4 is 17.8 Å². The van der Waals surface area contributed by atoms with Crippen molar-refractivity contribution in [1.82, 2.24) is 16.0 Å². The van der Waals surface area contributed by atoms with Crippen LogP contribution in [0.3, 0.4) is 0 Å². The van der Waals surface area contributed by atoms with Crippen LogP contribution in [0.4, 0.5) is 0 Å². The first-order valence-electron chi connectivity index (χ1n) is 7.08. The second-order valence-corrected chi connectivity index (χ2v) is 4.73. The van der Waals surface area contributed by atoms with Crippen molar-refractivity contribution in [3.63, 3.8) is 0 Å². The maximum absolute atomic E-state index is 11.9. The van der Waals surface area contributed by atoms with E-state index in [2.05, 4.69) is 16.0 Å². The predicted molar refractivity (Wildman–Crippen MR) is 82.6 cm³/mol. The summed E-state index contributed by atoms with van der Waals surface area (Å²) in [4.78, 5) is 33.5. The molecule has 8 heteroatoms. The van der Waals surface area contributed by atoms with Crippen LogP contribution in [0.25, 0.3) is 0 Å². The summed E-state index contributed by atoms with van der Waals surface area (Å²) in [6.45, 7) is -0.243. The molecular weight excluding hydrogens is 302 g/mol. The van der Waals surface area contributed by atoms with E-state index < -0.39 is 30.4 Å². The van der Waals surface area contributed by atoms with Crippen LogP contribution in [-0.2, 0) is 25.7 Å². The highest BCUT2D eigenvalue weighted by atomic mass is 16.5. The molecule has 2 amide bonds. The first kappa shape index (κ1) is 18.6. The fourth-order valence-electron chi connectivity index (χ4n) is 1.69. The summed E-state index contributed by atoms with van der Waals surface area (Å²) < 4.78 is 5.48. The third-order valence-corrected chi connectivity index (χ3v) is 2.92. The fraction of sp³-hybridized carbons (Fsp3) is 0.400. The van der Waals surface area contributed by atoms with Crippen molar-refractivity contribution in [2.24, 2.45) is 0 Å². The number of benzene rings is 1. The van der Waals surface area contributed by atoms with Crippen LogP contribution >= 0.6 is 0 Å². The van der Waals surface area contributed by atoms with Gasteiger partial charge in [0.15, 0.2) is 0 Å². The Hall–Kier alpha value is -2.45. The van der Waals surface area contributed by atoms with Gasteiger partial charge in [0.1, 0.15) is 12.6 Å². The second kappa shape index (κ2) is 10.3. The van der Waals surface area contributed by atoms with E-state index in [9.17, 15) is 14.4 Å². The number of aliphatic carboxylic acids is 1. The molecule has 23 heavy (non-hydrogen) atoms. The number of carbonyl (C=O) groups excluding carboxylic acids is 2. The van der Waals surface area contributed by atoms with Crippen LogP contribution in [0.5, 0.6) is 0 Å². The average Bonchev–Trinajstić information content (AvgIpc) is 2.55. The summed E-state index contributed by atoms with van der Waals surface area (Å²) in [5, 5.41) is 15.8. The summed E-state index contributed by atoms with van der Waals surface area (Å²) >= 11 is 0. The van der Waals surface area contributed by atoms with Gasteiger partial charge in [-0.25, -0.2) is 0 Å². The summed E-state index contributed by atoms with van der Waals surface area (Å²) in [6.07, 6.45) is 0. The molecule has 0 saturated heterocycles. The number of rotatable bonds is 10. The van der Waals surface area contributed by atoms with Crippen molar-refractivity contribution < 1.29 is 24.2 Å². The quantitative estimate of drug-likeness (QED) is 0.444. The van der Waals surface area contributed by atoms with Gasteiger partial charge in [0.2, 0.25) is 11.8 Å². The van der Waals surface area contributed by atoms with E-state index in [-0.39, 0.29) is 13.2 Å². The van der Waals surface area contributed by atoms with Crippen molar-refractivity contribution in [2.45, 2.75) is 12.6 Å². The highest BCUT2D eigenvalue weighted by molar-refractivity contribution is 5.88. The number of carbonyl (C=O) groups is 3. The number of carboxylic acid groups (broad SMARTS) is 1. The molecule has 1 rings (SSSR count). The molecular formula is C15H21N3O5. The van der Waals surface area contributed by atoms with E-state index in [1.807, 2.05) is 30.3 Å². The Labute approximate surface area is 134 Å². The van der Waals surface area contributed by atoms with Crippen LogP contribution in [-0.4, -0.2) is 55.7 Å². The van der Waals surface area contributed by atoms with E-state index in [0.29, 0.717) is 6.61 Å². The third kappa shape index (κ3) is 7.93. The average molecular weight is 323 g/mol. The summed E-state index contributed by atoms with van der Waals surface area (Å²) in [7, 11) is 1.61. The van der Waals surface area contributed by atoms with E-state index in [1.54, 1.807) is 7.05 Å². The maximum Gasteiger partial charge on any atom is 0.322 e. The molecule has 1 aromatic rings. The Kier molecular flexibility index (Phi) is 8.33.